The zero-order valence-electron chi connectivity index (χ0n) is 9.78. The lowest BCUT2D eigenvalue weighted by Crippen LogP contribution is -2.23. The summed E-state index contributed by atoms with van der Waals surface area (Å²) >= 11 is 5.78. The summed E-state index contributed by atoms with van der Waals surface area (Å²) in [4.78, 5) is 11.8. The molecule has 4 heteroatoms. The van der Waals surface area contributed by atoms with Crippen LogP contribution in [-0.2, 0) is 16.1 Å². The molecule has 1 fully saturated rings. The van der Waals surface area contributed by atoms with Gasteiger partial charge in [-0.2, -0.15) is 0 Å². The first-order valence-electron chi connectivity index (χ1n) is 5.78. The van der Waals surface area contributed by atoms with E-state index in [4.69, 9.17) is 16.3 Å². The van der Waals surface area contributed by atoms with Gasteiger partial charge in [-0.3, -0.25) is 4.79 Å². The number of carbonyl (C=O) groups is 1. The molecular formula is C13H16ClNO2. The molecule has 0 unspecified atom stereocenters. The van der Waals surface area contributed by atoms with Crippen molar-refractivity contribution in [3.05, 3.63) is 34.9 Å². The molecule has 1 heterocycles. The number of nitrogens with one attached hydrogen (secondary N) is 1. The van der Waals surface area contributed by atoms with Crippen LogP contribution in [-0.4, -0.2) is 19.1 Å². The Hall–Kier alpha value is -1.06. The second-order valence-corrected chi connectivity index (χ2v) is 4.91. The summed E-state index contributed by atoms with van der Waals surface area (Å²) in [5.41, 5.74) is 0.960. The second-order valence-electron chi connectivity index (χ2n) is 4.48. The van der Waals surface area contributed by atoms with Crippen LogP contribution in [0.1, 0.15) is 12.5 Å². The van der Waals surface area contributed by atoms with Crippen molar-refractivity contribution in [2.45, 2.75) is 13.5 Å². The average molecular weight is 254 g/mol. The van der Waals surface area contributed by atoms with Gasteiger partial charge >= 0.3 is 5.97 Å². The molecule has 1 N–H and O–H groups in total. The van der Waals surface area contributed by atoms with E-state index < -0.39 is 0 Å². The van der Waals surface area contributed by atoms with Gasteiger partial charge in [0.15, 0.2) is 0 Å². The Kier molecular flexibility index (Phi) is 4.02. The summed E-state index contributed by atoms with van der Waals surface area (Å²) in [5, 5.41) is 3.88. The van der Waals surface area contributed by atoms with E-state index in [9.17, 15) is 4.79 Å². The summed E-state index contributed by atoms with van der Waals surface area (Å²) in [5.74, 6) is 0.229. The molecule has 0 aromatic heterocycles. The van der Waals surface area contributed by atoms with Crippen molar-refractivity contribution in [3.63, 3.8) is 0 Å². The Morgan fingerprint density at radius 1 is 1.41 bits per heavy atom. The molecule has 1 aliphatic rings. The first kappa shape index (κ1) is 12.4. The molecule has 1 aliphatic heterocycles. The van der Waals surface area contributed by atoms with E-state index >= 15 is 0 Å². The molecule has 92 valence electrons. The number of rotatable bonds is 3. The second kappa shape index (κ2) is 5.52. The molecule has 1 aromatic rings. The SMILES string of the molecule is C[C@@H]1CNC[C@H]1C(=O)OCc1ccc(Cl)cc1. The fraction of sp³-hybridized carbons (Fsp3) is 0.462. The third-order valence-electron chi connectivity index (χ3n) is 3.11. The summed E-state index contributed by atoms with van der Waals surface area (Å²) < 4.78 is 5.30. The number of halogens is 1. The summed E-state index contributed by atoms with van der Waals surface area (Å²) in [6.07, 6.45) is 0. The third-order valence-corrected chi connectivity index (χ3v) is 3.37. The largest absolute Gasteiger partial charge is 0.461 e. The highest BCUT2D eigenvalue weighted by molar-refractivity contribution is 6.30. The van der Waals surface area contributed by atoms with Crippen molar-refractivity contribution in [1.29, 1.82) is 0 Å². The first-order valence-corrected chi connectivity index (χ1v) is 6.16. The van der Waals surface area contributed by atoms with Crippen LogP contribution in [0, 0.1) is 11.8 Å². The minimum atomic E-state index is -0.113. The Labute approximate surface area is 106 Å². The predicted octanol–water partition coefficient (Wildman–Crippen LogP) is 2.24. The Balaban J connectivity index is 1.85. The lowest BCUT2D eigenvalue weighted by atomic mass is 9.99. The van der Waals surface area contributed by atoms with E-state index in [1.165, 1.54) is 0 Å². The molecule has 17 heavy (non-hydrogen) atoms. The topological polar surface area (TPSA) is 38.3 Å². The fourth-order valence-electron chi connectivity index (χ4n) is 1.97. The normalized spacial score (nSPS) is 23.6. The molecule has 0 saturated carbocycles. The van der Waals surface area contributed by atoms with Crippen LogP contribution in [0.4, 0.5) is 0 Å². The van der Waals surface area contributed by atoms with Gasteiger partial charge < -0.3 is 10.1 Å². The maximum absolute atomic E-state index is 11.8. The molecule has 0 aliphatic carbocycles. The summed E-state index contributed by atoms with van der Waals surface area (Å²) in [7, 11) is 0. The summed E-state index contributed by atoms with van der Waals surface area (Å²) in [6, 6.07) is 7.33. The van der Waals surface area contributed by atoms with Crippen molar-refractivity contribution in [2.75, 3.05) is 13.1 Å². The first-order chi connectivity index (χ1) is 8.16. The Morgan fingerprint density at radius 2 is 2.12 bits per heavy atom. The standard InChI is InChI=1S/C13H16ClNO2/c1-9-6-15-7-12(9)13(16)17-8-10-2-4-11(14)5-3-10/h2-5,9,12,15H,6-8H2,1H3/t9-,12-/m1/s1. The zero-order chi connectivity index (χ0) is 12.3. The van der Waals surface area contributed by atoms with Gasteiger partial charge in [0.1, 0.15) is 6.61 Å². The van der Waals surface area contributed by atoms with Crippen LogP contribution >= 0.6 is 11.6 Å². The van der Waals surface area contributed by atoms with Crippen molar-refractivity contribution >= 4 is 17.6 Å². The number of carbonyl (C=O) groups excluding carboxylic acids is 1. The van der Waals surface area contributed by atoms with E-state index in [0.717, 1.165) is 18.7 Å². The quantitative estimate of drug-likeness (QED) is 0.840. The summed E-state index contributed by atoms with van der Waals surface area (Å²) in [6.45, 7) is 3.99. The van der Waals surface area contributed by atoms with Gasteiger partial charge in [0.2, 0.25) is 0 Å². The molecule has 0 radical (unpaired) electrons. The van der Waals surface area contributed by atoms with Gasteiger partial charge in [0.05, 0.1) is 5.92 Å². The number of esters is 1. The highest BCUT2D eigenvalue weighted by Crippen LogP contribution is 2.18. The highest BCUT2D eigenvalue weighted by atomic mass is 35.5. The van der Waals surface area contributed by atoms with E-state index in [-0.39, 0.29) is 11.9 Å². The van der Waals surface area contributed by atoms with Gasteiger partial charge in [-0.25, -0.2) is 0 Å². The maximum atomic E-state index is 11.8. The molecule has 0 amide bonds. The van der Waals surface area contributed by atoms with Crippen LogP contribution < -0.4 is 5.32 Å². The van der Waals surface area contributed by atoms with Crippen molar-refractivity contribution in [1.82, 2.24) is 5.32 Å². The molecule has 0 bridgehead atoms. The molecule has 2 atom stereocenters. The van der Waals surface area contributed by atoms with Gasteiger partial charge in [-0.15, -0.1) is 0 Å². The van der Waals surface area contributed by atoms with E-state index in [1.807, 2.05) is 12.1 Å². The van der Waals surface area contributed by atoms with Crippen LogP contribution in [0.2, 0.25) is 5.02 Å². The van der Waals surface area contributed by atoms with Gasteiger partial charge in [-0.05, 0) is 30.2 Å². The Morgan fingerprint density at radius 3 is 2.71 bits per heavy atom. The van der Waals surface area contributed by atoms with Crippen LogP contribution in [0.25, 0.3) is 0 Å². The van der Waals surface area contributed by atoms with Gasteiger partial charge in [0, 0.05) is 11.6 Å². The van der Waals surface area contributed by atoms with Gasteiger partial charge in [-0.1, -0.05) is 30.7 Å². The molecule has 3 nitrogen and oxygen atoms in total. The number of ether oxygens (including phenoxy) is 1. The predicted molar refractivity (Wildman–Crippen MR) is 66.8 cm³/mol. The monoisotopic (exact) mass is 253 g/mol. The fourth-order valence-corrected chi connectivity index (χ4v) is 2.09. The Bertz CT molecular complexity index is 391. The molecule has 2 rings (SSSR count). The maximum Gasteiger partial charge on any atom is 0.310 e. The zero-order valence-corrected chi connectivity index (χ0v) is 10.5. The van der Waals surface area contributed by atoms with Gasteiger partial charge in [0.25, 0.3) is 0 Å². The van der Waals surface area contributed by atoms with E-state index in [0.29, 0.717) is 17.5 Å². The van der Waals surface area contributed by atoms with E-state index in [1.54, 1.807) is 12.1 Å². The average Bonchev–Trinajstić information content (AvgIpc) is 2.74. The van der Waals surface area contributed by atoms with Crippen LogP contribution in [0.5, 0.6) is 0 Å². The van der Waals surface area contributed by atoms with Crippen molar-refractivity contribution in [2.24, 2.45) is 11.8 Å². The molecule has 0 spiro atoms. The van der Waals surface area contributed by atoms with Crippen LogP contribution in [0.15, 0.2) is 24.3 Å². The van der Waals surface area contributed by atoms with Crippen molar-refractivity contribution < 1.29 is 9.53 Å². The highest BCUT2D eigenvalue weighted by Gasteiger charge is 2.30. The number of hydrogen-bond donors (Lipinski definition) is 1. The minimum Gasteiger partial charge on any atom is -0.461 e. The smallest absolute Gasteiger partial charge is 0.310 e. The molecule has 1 aromatic carbocycles. The lowest BCUT2D eigenvalue weighted by Gasteiger charge is -2.13. The lowest BCUT2D eigenvalue weighted by molar-refractivity contribution is -0.150. The molecular weight excluding hydrogens is 238 g/mol. The third kappa shape index (κ3) is 3.20. The molecule has 1 saturated heterocycles. The van der Waals surface area contributed by atoms with Crippen LogP contribution in [0.3, 0.4) is 0 Å². The number of benzene rings is 1. The van der Waals surface area contributed by atoms with E-state index in [2.05, 4.69) is 12.2 Å². The minimum absolute atomic E-state index is 0.0118. The number of hydrogen-bond acceptors (Lipinski definition) is 3. The van der Waals surface area contributed by atoms with Crippen molar-refractivity contribution in [3.8, 4) is 0 Å².